The van der Waals surface area contributed by atoms with Gasteiger partial charge in [0.25, 0.3) is 0 Å². The van der Waals surface area contributed by atoms with Gasteiger partial charge in [-0.2, -0.15) is 0 Å². The molecule has 456 valence electrons. The maximum atomic E-state index is 15.2. The number of fused-ring (bicyclic) bond motifs is 4. The summed E-state index contributed by atoms with van der Waals surface area (Å²) in [7, 11) is 0. The molecule has 0 unspecified atom stereocenters. The van der Waals surface area contributed by atoms with E-state index in [9.17, 15) is 5.11 Å². The molecule has 90 heavy (non-hydrogen) atoms. The van der Waals surface area contributed by atoms with Gasteiger partial charge in [0.2, 0.25) is 0 Å². The van der Waals surface area contributed by atoms with Crippen LogP contribution in [0.25, 0.3) is 111 Å². The Kier molecular flexibility index (Phi) is 15.0. The third-order valence-corrected chi connectivity index (χ3v) is 18.2. The van der Waals surface area contributed by atoms with Crippen LogP contribution in [0.15, 0.2) is 194 Å². The minimum absolute atomic E-state index is 0.0737. The Bertz CT molecular complexity index is 4710. The highest BCUT2D eigenvalue weighted by Gasteiger charge is 2.30. The monoisotopic (exact) mass is 1190 g/mol. The van der Waals surface area contributed by atoms with Gasteiger partial charge in [-0.05, 0) is 184 Å². The number of phenols is 1. The van der Waals surface area contributed by atoms with Crippen LogP contribution in [0.3, 0.4) is 0 Å². The lowest BCUT2D eigenvalue weighted by atomic mass is 9.80. The van der Waals surface area contributed by atoms with Gasteiger partial charge in [0.1, 0.15) is 17.4 Å². The number of phenolic OH excluding ortho intramolecular Hbond substituents is 1. The normalized spacial score (nSPS) is 12.9. The molecule has 3 heterocycles. The number of halogens is 1. The second kappa shape index (κ2) is 22.0. The fraction of sp³-hybridized carbons (Fsp3) is 0.286. The first-order chi connectivity index (χ1) is 42.2. The standard InChI is InChI=1S/C84H87FN4O/c1-79(2,3)56-31-33-65(51-25-20-19-21-26-51)70(49-56)54-40-71(76-74(42-54)89(78(87-76)69-34-32-62(85)50-75(69)90)64-47-60(83(13,14)15)44-61(48-64)84(16,17)18)53-37-55(39-57(38-53)80(4,5)6)72-41-52(35-36-86-72)66-28-24-29-68-67-27-22-23-30-73(67)88(77(66)68)63-45-58(81(7,8)9)43-59(46-63)82(10,11)12/h19-50,90H,1-18H3. The summed E-state index contributed by atoms with van der Waals surface area (Å²) in [6, 6.07) is 67.4. The number of nitrogens with zero attached hydrogens (tertiary/aromatic N) is 4. The fourth-order valence-electron chi connectivity index (χ4n) is 12.7. The highest BCUT2D eigenvalue weighted by Crippen LogP contribution is 2.47. The molecule has 0 aliphatic carbocycles. The number of hydrogen-bond acceptors (Lipinski definition) is 3. The largest absolute Gasteiger partial charge is 0.507 e. The minimum atomic E-state index is -0.525. The Balaban J connectivity index is 1.16. The van der Waals surface area contributed by atoms with E-state index in [1.807, 2.05) is 6.20 Å². The van der Waals surface area contributed by atoms with Gasteiger partial charge in [-0.25, -0.2) is 9.37 Å². The van der Waals surface area contributed by atoms with Crippen molar-refractivity contribution in [3.05, 3.63) is 233 Å². The van der Waals surface area contributed by atoms with E-state index in [1.54, 1.807) is 6.07 Å². The average molecular weight is 1190 g/mol. The van der Waals surface area contributed by atoms with Crippen LogP contribution in [-0.2, 0) is 32.5 Å². The molecule has 0 aliphatic heterocycles. The SMILES string of the molecule is CC(C)(C)c1cc(-c2cc(-c3cccc4c5ccccc5n(-c5cc(C(C)(C)C)cc(C(C)(C)C)c5)c34)ccn2)cc(-c2cc(-c3cc(C(C)(C)C)ccc3-c3ccccc3)cc3c2nc(-c2ccc(F)cc2O)n3-c2cc(C(C)(C)C)cc(C(C)(C)C)c2)c1. The number of para-hydroxylation sites is 2. The zero-order valence-corrected chi connectivity index (χ0v) is 56.1. The Morgan fingerprint density at radius 2 is 0.878 bits per heavy atom. The molecule has 3 aromatic heterocycles. The molecule has 0 amide bonds. The number of hydrogen-bond donors (Lipinski definition) is 1. The highest BCUT2D eigenvalue weighted by molar-refractivity contribution is 6.14. The van der Waals surface area contributed by atoms with Crippen molar-refractivity contribution in [2.45, 2.75) is 157 Å². The Morgan fingerprint density at radius 3 is 1.48 bits per heavy atom. The van der Waals surface area contributed by atoms with E-state index >= 15 is 4.39 Å². The lowest BCUT2D eigenvalue weighted by Gasteiger charge is -2.27. The Labute approximate surface area is 533 Å². The molecule has 12 aromatic rings. The van der Waals surface area contributed by atoms with Gasteiger partial charge in [0.15, 0.2) is 0 Å². The average Bonchev–Trinajstić information content (AvgIpc) is 1.56. The summed E-state index contributed by atoms with van der Waals surface area (Å²) in [6.07, 6.45) is 1.96. The molecule has 6 heteroatoms. The summed E-state index contributed by atoms with van der Waals surface area (Å²) >= 11 is 0. The Hall–Kier alpha value is -8.87. The van der Waals surface area contributed by atoms with Crippen molar-refractivity contribution in [1.29, 1.82) is 0 Å². The zero-order valence-electron chi connectivity index (χ0n) is 56.1. The third-order valence-electron chi connectivity index (χ3n) is 18.2. The van der Waals surface area contributed by atoms with Crippen molar-refractivity contribution in [2.24, 2.45) is 0 Å². The van der Waals surface area contributed by atoms with E-state index < -0.39 is 5.82 Å². The number of aromatic hydroxyl groups is 1. The molecular weight excluding hydrogens is 1100 g/mol. The number of benzene rings is 9. The van der Waals surface area contributed by atoms with Crippen molar-refractivity contribution in [3.63, 3.8) is 0 Å². The first-order valence-electron chi connectivity index (χ1n) is 31.9. The summed E-state index contributed by atoms with van der Waals surface area (Å²) in [4.78, 5) is 11.0. The number of rotatable bonds is 8. The van der Waals surface area contributed by atoms with Crippen molar-refractivity contribution in [2.75, 3.05) is 0 Å². The fourth-order valence-corrected chi connectivity index (χ4v) is 12.7. The maximum absolute atomic E-state index is 15.2. The smallest absolute Gasteiger partial charge is 0.149 e. The predicted octanol–water partition coefficient (Wildman–Crippen LogP) is 23.1. The van der Waals surface area contributed by atoms with Crippen LogP contribution in [0.2, 0.25) is 0 Å². The van der Waals surface area contributed by atoms with E-state index in [1.165, 1.54) is 50.7 Å². The minimum Gasteiger partial charge on any atom is -0.507 e. The molecule has 12 rings (SSSR count). The van der Waals surface area contributed by atoms with Crippen LogP contribution in [0.1, 0.15) is 158 Å². The van der Waals surface area contributed by atoms with Gasteiger partial charge >= 0.3 is 0 Å². The second-order valence-corrected chi connectivity index (χ2v) is 31.3. The number of imidazole rings is 1. The van der Waals surface area contributed by atoms with Crippen LogP contribution < -0.4 is 0 Å². The maximum Gasteiger partial charge on any atom is 0.149 e. The van der Waals surface area contributed by atoms with Gasteiger partial charge in [-0.15, -0.1) is 0 Å². The lowest BCUT2D eigenvalue weighted by molar-refractivity contribution is 0.470. The van der Waals surface area contributed by atoms with E-state index in [4.69, 9.17) is 9.97 Å². The summed E-state index contributed by atoms with van der Waals surface area (Å²) < 4.78 is 19.9. The molecule has 0 bridgehead atoms. The summed E-state index contributed by atoms with van der Waals surface area (Å²) in [5.74, 6) is -0.207. The second-order valence-electron chi connectivity index (χ2n) is 31.3. The molecule has 0 fully saturated rings. The lowest BCUT2D eigenvalue weighted by Crippen LogP contribution is -2.17. The predicted molar refractivity (Wildman–Crippen MR) is 380 cm³/mol. The van der Waals surface area contributed by atoms with Gasteiger partial charge < -0.3 is 9.67 Å². The third kappa shape index (κ3) is 11.6. The Morgan fingerprint density at radius 1 is 0.344 bits per heavy atom. The molecule has 1 N–H and O–H groups in total. The summed E-state index contributed by atoms with van der Waals surface area (Å²) in [5, 5.41) is 14.3. The highest BCUT2D eigenvalue weighted by atomic mass is 19.1. The molecule has 0 spiro atoms. The molecule has 5 nitrogen and oxygen atoms in total. The van der Waals surface area contributed by atoms with Crippen molar-refractivity contribution in [1.82, 2.24) is 19.1 Å². The quantitative estimate of drug-likeness (QED) is 0.165. The van der Waals surface area contributed by atoms with E-state index in [0.29, 0.717) is 11.4 Å². The van der Waals surface area contributed by atoms with Gasteiger partial charge in [-0.3, -0.25) is 9.55 Å². The van der Waals surface area contributed by atoms with E-state index in [2.05, 4.69) is 304 Å². The van der Waals surface area contributed by atoms with Crippen molar-refractivity contribution in [3.8, 4) is 84.3 Å². The van der Waals surface area contributed by atoms with Crippen LogP contribution in [0.4, 0.5) is 4.39 Å². The molecule has 0 aliphatic rings. The van der Waals surface area contributed by atoms with E-state index in [0.717, 1.165) is 94.8 Å². The molecule has 0 atom stereocenters. The zero-order chi connectivity index (χ0) is 64.4. The molecule has 0 saturated heterocycles. The molecule has 9 aromatic carbocycles. The van der Waals surface area contributed by atoms with Gasteiger partial charge in [0.05, 0.1) is 33.3 Å². The van der Waals surface area contributed by atoms with Crippen LogP contribution in [-0.4, -0.2) is 24.2 Å². The first kappa shape index (κ1) is 61.4. The van der Waals surface area contributed by atoms with Gasteiger partial charge in [0, 0.05) is 51.1 Å². The van der Waals surface area contributed by atoms with Crippen molar-refractivity contribution < 1.29 is 9.50 Å². The molecule has 0 radical (unpaired) electrons. The van der Waals surface area contributed by atoms with Crippen LogP contribution in [0.5, 0.6) is 5.75 Å². The van der Waals surface area contributed by atoms with E-state index in [-0.39, 0.29) is 38.2 Å². The summed E-state index contributed by atoms with van der Waals surface area (Å²) in [5.41, 5.74) is 22.8. The van der Waals surface area contributed by atoms with Gasteiger partial charge in [-0.1, -0.05) is 222 Å². The molecule has 0 saturated carbocycles. The van der Waals surface area contributed by atoms with Crippen LogP contribution >= 0.6 is 0 Å². The molecular formula is C84H87FN4O. The number of aromatic nitrogens is 4. The first-order valence-corrected chi connectivity index (χ1v) is 31.9. The van der Waals surface area contributed by atoms with Crippen molar-refractivity contribution >= 4 is 32.8 Å². The van der Waals surface area contributed by atoms with Crippen LogP contribution in [0, 0.1) is 5.82 Å². The number of pyridine rings is 1. The summed E-state index contributed by atoms with van der Waals surface area (Å²) in [6.45, 7) is 41.0. The topological polar surface area (TPSA) is 55.9 Å².